The zero-order valence-corrected chi connectivity index (χ0v) is 11.6. The third kappa shape index (κ3) is 2.37. The fourth-order valence-corrected chi connectivity index (χ4v) is 2.87. The Morgan fingerprint density at radius 3 is 2.63 bits per heavy atom. The number of aromatic nitrogens is 2. The van der Waals surface area contributed by atoms with Crippen LogP contribution in [0.1, 0.15) is 16.2 Å². The Balaban J connectivity index is 1.58. The maximum Gasteiger partial charge on any atom is 0.272 e. The molecule has 1 aromatic rings. The quantitative estimate of drug-likeness (QED) is 0.778. The van der Waals surface area contributed by atoms with Gasteiger partial charge in [-0.15, -0.1) is 0 Å². The molecule has 104 valence electrons. The van der Waals surface area contributed by atoms with Crippen molar-refractivity contribution in [2.45, 2.75) is 13.0 Å². The maximum atomic E-state index is 12.3. The summed E-state index contributed by atoms with van der Waals surface area (Å²) < 4.78 is 1.68. The summed E-state index contributed by atoms with van der Waals surface area (Å²) in [5.74, 6) is 0.106. The third-order valence-electron chi connectivity index (χ3n) is 4.04. The highest BCUT2D eigenvalue weighted by Crippen LogP contribution is 2.18. The van der Waals surface area contributed by atoms with E-state index in [2.05, 4.69) is 15.3 Å². The molecule has 2 saturated heterocycles. The van der Waals surface area contributed by atoms with Gasteiger partial charge in [0.05, 0.1) is 5.69 Å². The van der Waals surface area contributed by atoms with E-state index in [0.717, 1.165) is 45.0 Å². The first-order valence-corrected chi connectivity index (χ1v) is 6.90. The van der Waals surface area contributed by atoms with Crippen molar-refractivity contribution in [1.82, 2.24) is 24.9 Å². The highest BCUT2D eigenvalue weighted by molar-refractivity contribution is 5.93. The second kappa shape index (κ2) is 4.94. The lowest BCUT2D eigenvalue weighted by atomic mass is 10.1. The van der Waals surface area contributed by atoms with Gasteiger partial charge in [-0.05, 0) is 13.0 Å². The van der Waals surface area contributed by atoms with Crippen molar-refractivity contribution in [2.75, 3.05) is 39.3 Å². The minimum atomic E-state index is 0.106. The Morgan fingerprint density at radius 2 is 2.05 bits per heavy atom. The van der Waals surface area contributed by atoms with Crippen LogP contribution < -0.4 is 5.32 Å². The zero-order chi connectivity index (χ0) is 13.4. The van der Waals surface area contributed by atoms with Crippen molar-refractivity contribution in [3.05, 3.63) is 17.5 Å². The van der Waals surface area contributed by atoms with E-state index in [1.807, 2.05) is 24.9 Å². The molecule has 0 aliphatic carbocycles. The summed E-state index contributed by atoms with van der Waals surface area (Å²) in [6.45, 7) is 7.92. The van der Waals surface area contributed by atoms with Crippen LogP contribution in [0.5, 0.6) is 0 Å². The molecule has 2 fully saturated rings. The molecule has 0 saturated carbocycles. The van der Waals surface area contributed by atoms with E-state index in [1.54, 1.807) is 4.68 Å². The summed E-state index contributed by atoms with van der Waals surface area (Å²) in [5.41, 5.74) is 1.58. The van der Waals surface area contributed by atoms with Crippen molar-refractivity contribution >= 4 is 5.91 Å². The van der Waals surface area contributed by atoms with Crippen LogP contribution in [-0.4, -0.2) is 70.8 Å². The molecule has 0 aromatic carbocycles. The lowest BCUT2D eigenvalue weighted by Gasteiger charge is -2.46. The fourth-order valence-electron chi connectivity index (χ4n) is 2.87. The Labute approximate surface area is 113 Å². The normalized spacial score (nSPS) is 21.5. The minimum absolute atomic E-state index is 0.106. The van der Waals surface area contributed by atoms with Crippen molar-refractivity contribution in [3.8, 4) is 0 Å². The average molecular weight is 263 g/mol. The molecule has 1 amide bonds. The van der Waals surface area contributed by atoms with Gasteiger partial charge in [-0.3, -0.25) is 14.4 Å². The van der Waals surface area contributed by atoms with E-state index >= 15 is 0 Å². The molecular formula is C13H21N5O. The predicted molar refractivity (Wildman–Crippen MR) is 72.1 cm³/mol. The maximum absolute atomic E-state index is 12.3. The van der Waals surface area contributed by atoms with Crippen LogP contribution in [-0.2, 0) is 7.05 Å². The molecule has 3 rings (SSSR count). The van der Waals surface area contributed by atoms with Gasteiger partial charge in [0.25, 0.3) is 5.91 Å². The van der Waals surface area contributed by atoms with E-state index in [9.17, 15) is 4.79 Å². The molecule has 1 N–H and O–H groups in total. The molecule has 2 aliphatic rings. The molecule has 0 bridgehead atoms. The van der Waals surface area contributed by atoms with Crippen LogP contribution in [0.2, 0.25) is 0 Å². The van der Waals surface area contributed by atoms with Crippen molar-refractivity contribution in [1.29, 1.82) is 0 Å². The molecule has 6 heteroatoms. The van der Waals surface area contributed by atoms with Gasteiger partial charge in [0.2, 0.25) is 0 Å². The average Bonchev–Trinajstić information content (AvgIpc) is 2.68. The molecular weight excluding hydrogens is 242 g/mol. The Kier molecular flexibility index (Phi) is 3.28. The molecule has 19 heavy (non-hydrogen) atoms. The second-order valence-electron chi connectivity index (χ2n) is 5.44. The van der Waals surface area contributed by atoms with Crippen LogP contribution >= 0.6 is 0 Å². The summed E-state index contributed by atoms with van der Waals surface area (Å²) in [4.78, 5) is 16.7. The smallest absolute Gasteiger partial charge is 0.272 e. The number of amides is 1. The van der Waals surface area contributed by atoms with Crippen LogP contribution in [0.4, 0.5) is 0 Å². The topological polar surface area (TPSA) is 53.4 Å². The van der Waals surface area contributed by atoms with E-state index in [1.165, 1.54) is 0 Å². The van der Waals surface area contributed by atoms with Crippen molar-refractivity contribution in [2.24, 2.45) is 7.05 Å². The highest BCUT2D eigenvalue weighted by atomic mass is 16.2. The molecule has 0 radical (unpaired) electrons. The van der Waals surface area contributed by atoms with Gasteiger partial charge >= 0.3 is 0 Å². The predicted octanol–water partition coefficient (Wildman–Crippen LogP) is -0.542. The summed E-state index contributed by atoms with van der Waals surface area (Å²) >= 11 is 0. The van der Waals surface area contributed by atoms with Gasteiger partial charge in [0.1, 0.15) is 5.69 Å². The molecule has 0 unspecified atom stereocenters. The largest absolute Gasteiger partial charge is 0.334 e. The lowest BCUT2D eigenvalue weighted by Crippen LogP contribution is -2.64. The number of carbonyl (C=O) groups excluding carboxylic acids is 1. The zero-order valence-electron chi connectivity index (χ0n) is 11.6. The van der Waals surface area contributed by atoms with Crippen molar-refractivity contribution < 1.29 is 4.79 Å². The number of aryl methyl sites for hydroxylation is 2. The first-order chi connectivity index (χ1) is 9.15. The summed E-state index contributed by atoms with van der Waals surface area (Å²) in [6.07, 6.45) is 0. The lowest BCUT2D eigenvalue weighted by molar-refractivity contribution is 0.0219. The van der Waals surface area contributed by atoms with Crippen molar-refractivity contribution in [3.63, 3.8) is 0 Å². The fraction of sp³-hybridized carbons (Fsp3) is 0.692. The van der Waals surface area contributed by atoms with Crippen LogP contribution in [0.3, 0.4) is 0 Å². The number of nitrogens with one attached hydrogen (secondary N) is 1. The van der Waals surface area contributed by atoms with E-state index < -0.39 is 0 Å². The number of likely N-dealkylation sites (tertiary alicyclic amines) is 1. The SMILES string of the molecule is Cc1cc(C(=O)N2CC(N3CCNCC3)C2)n(C)n1. The van der Waals surface area contributed by atoms with Gasteiger partial charge in [-0.1, -0.05) is 0 Å². The van der Waals surface area contributed by atoms with Gasteiger partial charge in [0.15, 0.2) is 0 Å². The summed E-state index contributed by atoms with van der Waals surface area (Å²) in [7, 11) is 1.83. The van der Waals surface area contributed by atoms with Gasteiger partial charge in [-0.2, -0.15) is 5.10 Å². The number of hydrogen-bond acceptors (Lipinski definition) is 4. The highest BCUT2D eigenvalue weighted by Gasteiger charge is 2.36. The summed E-state index contributed by atoms with van der Waals surface area (Å²) in [6, 6.07) is 2.40. The molecule has 0 spiro atoms. The van der Waals surface area contributed by atoms with E-state index in [4.69, 9.17) is 0 Å². The standard InChI is InChI=1S/C13H21N5O/c1-10-7-12(16(2)15-10)13(19)18-8-11(9-18)17-5-3-14-4-6-17/h7,11,14H,3-6,8-9H2,1-2H3. The van der Waals surface area contributed by atoms with Gasteiger partial charge < -0.3 is 10.2 Å². The number of rotatable bonds is 2. The Bertz CT molecular complexity index is 471. The Hall–Kier alpha value is -1.40. The van der Waals surface area contributed by atoms with E-state index in [-0.39, 0.29) is 5.91 Å². The molecule has 1 aromatic heterocycles. The first kappa shape index (κ1) is 12.6. The number of piperazine rings is 1. The number of hydrogen-bond donors (Lipinski definition) is 1. The monoisotopic (exact) mass is 263 g/mol. The molecule has 3 heterocycles. The third-order valence-corrected chi connectivity index (χ3v) is 4.04. The molecule has 0 atom stereocenters. The Morgan fingerprint density at radius 1 is 1.37 bits per heavy atom. The van der Waals surface area contributed by atoms with Gasteiger partial charge in [0, 0.05) is 52.4 Å². The minimum Gasteiger partial charge on any atom is -0.334 e. The van der Waals surface area contributed by atoms with Crippen LogP contribution in [0.15, 0.2) is 6.07 Å². The first-order valence-electron chi connectivity index (χ1n) is 6.90. The van der Waals surface area contributed by atoms with E-state index in [0.29, 0.717) is 11.7 Å². The van der Waals surface area contributed by atoms with Gasteiger partial charge in [-0.25, -0.2) is 0 Å². The number of carbonyl (C=O) groups is 1. The molecule has 2 aliphatic heterocycles. The number of nitrogens with zero attached hydrogens (tertiary/aromatic N) is 4. The summed E-state index contributed by atoms with van der Waals surface area (Å²) in [5, 5.41) is 7.59. The van der Waals surface area contributed by atoms with Crippen LogP contribution in [0, 0.1) is 6.92 Å². The van der Waals surface area contributed by atoms with Crippen LogP contribution in [0.25, 0.3) is 0 Å². The molecule has 6 nitrogen and oxygen atoms in total. The second-order valence-corrected chi connectivity index (χ2v) is 5.44.